The second kappa shape index (κ2) is 8.50. The summed E-state index contributed by atoms with van der Waals surface area (Å²) in [6.07, 6.45) is 1.57. The summed E-state index contributed by atoms with van der Waals surface area (Å²) >= 11 is 0. The molecule has 1 heterocycles. The van der Waals surface area contributed by atoms with Crippen LogP contribution >= 0.6 is 0 Å². The van der Waals surface area contributed by atoms with Crippen molar-refractivity contribution in [1.82, 2.24) is 4.98 Å². The molecular formula is C21H18N4O2. The monoisotopic (exact) mass is 358 g/mol. The lowest BCUT2D eigenvalue weighted by molar-refractivity contribution is 0.102. The molecule has 1 amide bonds. The summed E-state index contributed by atoms with van der Waals surface area (Å²) in [7, 11) is 0. The number of para-hydroxylation sites is 2. The van der Waals surface area contributed by atoms with E-state index in [4.69, 9.17) is 10.00 Å². The number of amides is 1. The van der Waals surface area contributed by atoms with Gasteiger partial charge in [0.25, 0.3) is 5.91 Å². The van der Waals surface area contributed by atoms with E-state index in [2.05, 4.69) is 15.6 Å². The fraction of sp³-hybridized carbons (Fsp3) is 0.0952. The van der Waals surface area contributed by atoms with E-state index in [1.54, 1.807) is 42.6 Å². The second-order valence-corrected chi connectivity index (χ2v) is 5.63. The molecule has 6 nitrogen and oxygen atoms in total. The predicted molar refractivity (Wildman–Crippen MR) is 104 cm³/mol. The number of nitrogens with zero attached hydrogens (tertiary/aromatic N) is 2. The molecule has 0 fully saturated rings. The number of rotatable bonds is 6. The number of benzene rings is 2. The third-order valence-electron chi connectivity index (χ3n) is 3.73. The van der Waals surface area contributed by atoms with Crippen molar-refractivity contribution in [2.24, 2.45) is 0 Å². The Kier molecular flexibility index (Phi) is 5.65. The molecular weight excluding hydrogens is 340 g/mol. The van der Waals surface area contributed by atoms with Gasteiger partial charge in [0.15, 0.2) is 0 Å². The van der Waals surface area contributed by atoms with E-state index in [0.717, 1.165) is 17.1 Å². The molecule has 0 atom stereocenters. The maximum Gasteiger partial charge on any atom is 0.274 e. The zero-order valence-corrected chi connectivity index (χ0v) is 14.8. The largest absolute Gasteiger partial charge is 0.492 e. The molecule has 0 radical (unpaired) electrons. The van der Waals surface area contributed by atoms with Crippen LogP contribution in [0, 0.1) is 11.3 Å². The van der Waals surface area contributed by atoms with Gasteiger partial charge in [0, 0.05) is 17.6 Å². The molecule has 1 aromatic heterocycles. The highest BCUT2D eigenvalue weighted by Gasteiger charge is 2.10. The zero-order chi connectivity index (χ0) is 19.1. The Labute approximate surface area is 157 Å². The minimum Gasteiger partial charge on any atom is -0.492 e. The molecule has 2 N–H and O–H groups in total. The average molecular weight is 358 g/mol. The fourth-order valence-corrected chi connectivity index (χ4v) is 2.46. The molecule has 0 bridgehead atoms. The molecule has 0 aliphatic rings. The van der Waals surface area contributed by atoms with E-state index in [-0.39, 0.29) is 11.6 Å². The molecule has 0 aliphatic carbocycles. The first-order valence-electron chi connectivity index (χ1n) is 8.46. The minimum absolute atomic E-state index is 0.276. The highest BCUT2D eigenvalue weighted by Crippen LogP contribution is 2.27. The highest BCUT2D eigenvalue weighted by atomic mass is 16.5. The van der Waals surface area contributed by atoms with Gasteiger partial charge >= 0.3 is 0 Å². The molecule has 3 rings (SSSR count). The summed E-state index contributed by atoms with van der Waals surface area (Å²) in [5.74, 6) is 0.404. The first-order valence-corrected chi connectivity index (χ1v) is 8.46. The van der Waals surface area contributed by atoms with Crippen LogP contribution in [0.15, 0.2) is 66.9 Å². The van der Waals surface area contributed by atoms with Crippen LogP contribution in [0.3, 0.4) is 0 Å². The van der Waals surface area contributed by atoms with Crippen molar-refractivity contribution in [2.45, 2.75) is 6.92 Å². The van der Waals surface area contributed by atoms with E-state index in [9.17, 15) is 4.79 Å². The van der Waals surface area contributed by atoms with Crippen LogP contribution in [0.25, 0.3) is 0 Å². The van der Waals surface area contributed by atoms with E-state index >= 15 is 0 Å². The number of hydrogen-bond acceptors (Lipinski definition) is 5. The van der Waals surface area contributed by atoms with Gasteiger partial charge in [-0.25, -0.2) is 0 Å². The summed E-state index contributed by atoms with van der Waals surface area (Å²) in [6, 6.07) is 19.7. The summed E-state index contributed by atoms with van der Waals surface area (Å²) in [5.41, 5.74) is 2.94. The van der Waals surface area contributed by atoms with Crippen molar-refractivity contribution in [3.63, 3.8) is 0 Å². The van der Waals surface area contributed by atoms with Gasteiger partial charge in [-0.2, -0.15) is 5.26 Å². The predicted octanol–water partition coefficient (Wildman–Crippen LogP) is 4.35. The average Bonchev–Trinajstić information content (AvgIpc) is 2.70. The number of ether oxygens (including phenoxy) is 1. The van der Waals surface area contributed by atoms with Crippen LogP contribution in [-0.2, 0) is 0 Å². The van der Waals surface area contributed by atoms with Crippen LogP contribution in [0.1, 0.15) is 23.0 Å². The Morgan fingerprint density at radius 2 is 1.89 bits per heavy atom. The Bertz CT molecular complexity index is 978. The van der Waals surface area contributed by atoms with E-state index in [0.29, 0.717) is 17.9 Å². The van der Waals surface area contributed by atoms with Crippen molar-refractivity contribution >= 4 is 23.0 Å². The van der Waals surface area contributed by atoms with E-state index in [1.807, 2.05) is 37.3 Å². The number of anilines is 3. The number of nitrogens with one attached hydrogen (secondary N) is 2. The Morgan fingerprint density at radius 3 is 2.63 bits per heavy atom. The third-order valence-corrected chi connectivity index (χ3v) is 3.73. The highest BCUT2D eigenvalue weighted by molar-refractivity contribution is 6.03. The second-order valence-electron chi connectivity index (χ2n) is 5.63. The van der Waals surface area contributed by atoms with Crippen LogP contribution < -0.4 is 15.4 Å². The number of carbonyl (C=O) groups is 1. The van der Waals surface area contributed by atoms with Crippen molar-refractivity contribution in [2.75, 3.05) is 17.2 Å². The molecule has 6 heteroatoms. The number of hydrogen-bond donors (Lipinski definition) is 2. The third kappa shape index (κ3) is 4.61. The molecule has 134 valence electrons. The molecule has 0 aliphatic heterocycles. The molecule has 27 heavy (non-hydrogen) atoms. The maximum absolute atomic E-state index is 12.5. The quantitative estimate of drug-likeness (QED) is 0.684. The number of pyridine rings is 1. The smallest absolute Gasteiger partial charge is 0.274 e. The Morgan fingerprint density at radius 1 is 1.11 bits per heavy atom. The van der Waals surface area contributed by atoms with Gasteiger partial charge < -0.3 is 15.4 Å². The summed E-state index contributed by atoms with van der Waals surface area (Å²) < 4.78 is 5.60. The van der Waals surface area contributed by atoms with Gasteiger partial charge in [-0.3, -0.25) is 9.78 Å². The summed E-state index contributed by atoms with van der Waals surface area (Å²) in [5, 5.41) is 14.8. The van der Waals surface area contributed by atoms with Gasteiger partial charge in [0.05, 0.1) is 23.9 Å². The van der Waals surface area contributed by atoms with E-state index < -0.39 is 0 Å². The van der Waals surface area contributed by atoms with Crippen LogP contribution in [0.5, 0.6) is 5.75 Å². The van der Waals surface area contributed by atoms with Gasteiger partial charge in [0.2, 0.25) is 0 Å². The van der Waals surface area contributed by atoms with Crippen LogP contribution in [0.4, 0.5) is 17.1 Å². The standard InChI is InChI=1S/C21H18N4O2/c1-2-27-20-6-4-3-5-18(20)24-17-11-12-23-19(13-17)21(26)25-16-9-7-15(14-22)8-10-16/h3-13H,2H2,1H3,(H,23,24)(H,25,26). The Balaban J connectivity index is 1.75. The lowest BCUT2D eigenvalue weighted by Crippen LogP contribution is -2.13. The zero-order valence-electron chi connectivity index (χ0n) is 14.8. The van der Waals surface area contributed by atoms with Gasteiger partial charge in [-0.1, -0.05) is 12.1 Å². The van der Waals surface area contributed by atoms with Crippen LogP contribution in [0.2, 0.25) is 0 Å². The molecule has 0 saturated carbocycles. The molecule has 0 unspecified atom stereocenters. The molecule has 2 aromatic carbocycles. The summed E-state index contributed by atoms with van der Waals surface area (Å²) in [6.45, 7) is 2.49. The van der Waals surface area contributed by atoms with Gasteiger partial charge in [-0.05, 0) is 55.5 Å². The number of nitriles is 1. The van der Waals surface area contributed by atoms with Crippen molar-refractivity contribution in [3.05, 3.63) is 78.1 Å². The number of aromatic nitrogens is 1. The lowest BCUT2D eigenvalue weighted by atomic mass is 10.2. The van der Waals surface area contributed by atoms with Crippen molar-refractivity contribution in [3.8, 4) is 11.8 Å². The normalized spacial score (nSPS) is 9.93. The first kappa shape index (κ1) is 18.0. The van der Waals surface area contributed by atoms with Crippen molar-refractivity contribution < 1.29 is 9.53 Å². The van der Waals surface area contributed by atoms with Crippen LogP contribution in [-0.4, -0.2) is 17.5 Å². The minimum atomic E-state index is -0.332. The first-order chi connectivity index (χ1) is 13.2. The Hall–Kier alpha value is -3.85. The van der Waals surface area contributed by atoms with Gasteiger partial charge in [-0.15, -0.1) is 0 Å². The lowest BCUT2D eigenvalue weighted by Gasteiger charge is -2.12. The molecule has 3 aromatic rings. The van der Waals surface area contributed by atoms with Gasteiger partial charge in [0.1, 0.15) is 11.4 Å². The van der Waals surface area contributed by atoms with Crippen molar-refractivity contribution in [1.29, 1.82) is 5.26 Å². The van der Waals surface area contributed by atoms with E-state index in [1.165, 1.54) is 0 Å². The fourth-order valence-electron chi connectivity index (χ4n) is 2.46. The summed E-state index contributed by atoms with van der Waals surface area (Å²) in [4.78, 5) is 16.6. The number of carbonyl (C=O) groups excluding carboxylic acids is 1. The SMILES string of the molecule is CCOc1ccccc1Nc1ccnc(C(=O)Nc2ccc(C#N)cc2)c1. The molecule has 0 saturated heterocycles. The maximum atomic E-state index is 12.5. The topological polar surface area (TPSA) is 87.0 Å². The molecule has 0 spiro atoms.